The molecule has 1 N–H and O–H groups in total. The Bertz CT molecular complexity index is 1320. The standard InChI is InChI=1S/C22H21FN4O8S/c1-4-33-21(29)17-12(3)18(22(30)34-5-2)36-20(17)24-19(28)14-8-9-26(25-14)11-35-16-10-13(23)6-7-15(16)27(31)32/h6-10H,4-5,11H2,1-3H3,(H,24,28). The molecule has 12 nitrogen and oxygen atoms in total. The van der Waals surface area contributed by atoms with Gasteiger partial charge in [0, 0.05) is 18.3 Å². The van der Waals surface area contributed by atoms with Crippen LogP contribution in [-0.4, -0.2) is 45.8 Å². The normalized spacial score (nSPS) is 10.6. The van der Waals surface area contributed by atoms with E-state index in [2.05, 4.69) is 10.4 Å². The molecule has 0 bridgehead atoms. The van der Waals surface area contributed by atoms with E-state index in [1.807, 2.05) is 0 Å². The van der Waals surface area contributed by atoms with E-state index < -0.39 is 34.3 Å². The molecule has 0 aliphatic heterocycles. The molecule has 0 fully saturated rings. The van der Waals surface area contributed by atoms with Crippen LogP contribution in [0.5, 0.6) is 5.75 Å². The topological polar surface area (TPSA) is 152 Å². The first-order valence-electron chi connectivity index (χ1n) is 10.5. The maximum absolute atomic E-state index is 13.5. The number of carbonyl (C=O) groups excluding carboxylic acids is 3. The van der Waals surface area contributed by atoms with Crippen LogP contribution in [0.25, 0.3) is 0 Å². The van der Waals surface area contributed by atoms with E-state index in [-0.39, 0.29) is 46.8 Å². The summed E-state index contributed by atoms with van der Waals surface area (Å²) in [5.74, 6) is -3.08. The maximum atomic E-state index is 13.5. The highest BCUT2D eigenvalue weighted by molar-refractivity contribution is 7.18. The van der Waals surface area contributed by atoms with E-state index in [1.165, 1.54) is 16.9 Å². The Morgan fingerprint density at radius 1 is 1.17 bits per heavy atom. The number of nitro benzene ring substituents is 1. The lowest BCUT2D eigenvalue weighted by atomic mass is 10.1. The molecule has 0 aliphatic carbocycles. The predicted octanol–water partition coefficient (Wildman–Crippen LogP) is 3.94. The van der Waals surface area contributed by atoms with Crippen LogP contribution < -0.4 is 10.1 Å². The molecule has 14 heteroatoms. The predicted molar refractivity (Wildman–Crippen MR) is 125 cm³/mol. The van der Waals surface area contributed by atoms with Crippen molar-refractivity contribution in [2.75, 3.05) is 18.5 Å². The van der Waals surface area contributed by atoms with E-state index in [4.69, 9.17) is 14.2 Å². The van der Waals surface area contributed by atoms with E-state index in [0.717, 1.165) is 29.5 Å². The number of nitrogens with zero attached hydrogens (tertiary/aromatic N) is 3. The second-order valence-electron chi connectivity index (χ2n) is 7.04. The highest BCUT2D eigenvalue weighted by atomic mass is 32.1. The minimum absolute atomic E-state index is 0.0273. The van der Waals surface area contributed by atoms with Crippen LogP contribution in [0.1, 0.15) is 49.9 Å². The number of hydrogen-bond donors (Lipinski definition) is 1. The summed E-state index contributed by atoms with van der Waals surface area (Å²) in [5.41, 5.74) is -0.174. The summed E-state index contributed by atoms with van der Waals surface area (Å²) >= 11 is 0.865. The van der Waals surface area contributed by atoms with Gasteiger partial charge in [-0.1, -0.05) is 0 Å². The molecule has 0 atom stereocenters. The van der Waals surface area contributed by atoms with Gasteiger partial charge in [-0.25, -0.2) is 18.7 Å². The second kappa shape index (κ2) is 11.4. The molecule has 1 aromatic carbocycles. The molecule has 1 amide bonds. The van der Waals surface area contributed by atoms with Crippen molar-refractivity contribution >= 4 is 39.9 Å². The number of esters is 2. The van der Waals surface area contributed by atoms with Crippen molar-refractivity contribution in [3.63, 3.8) is 0 Å². The number of carbonyl (C=O) groups is 3. The third-order valence-electron chi connectivity index (χ3n) is 4.66. The van der Waals surface area contributed by atoms with Crippen molar-refractivity contribution < 1.29 is 37.9 Å². The fourth-order valence-electron chi connectivity index (χ4n) is 3.05. The fourth-order valence-corrected chi connectivity index (χ4v) is 4.14. The molecule has 190 valence electrons. The smallest absolute Gasteiger partial charge is 0.348 e. The van der Waals surface area contributed by atoms with Gasteiger partial charge < -0.3 is 19.5 Å². The zero-order valence-corrected chi connectivity index (χ0v) is 20.2. The summed E-state index contributed by atoms with van der Waals surface area (Å²) in [6.45, 7) is 4.67. The monoisotopic (exact) mass is 520 g/mol. The van der Waals surface area contributed by atoms with Gasteiger partial charge in [-0.05, 0) is 38.5 Å². The maximum Gasteiger partial charge on any atom is 0.348 e. The zero-order valence-electron chi connectivity index (χ0n) is 19.4. The van der Waals surface area contributed by atoms with Crippen LogP contribution in [-0.2, 0) is 16.2 Å². The van der Waals surface area contributed by atoms with Gasteiger partial charge in [-0.15, -0.1) is 11.3 Å². The summed E-state index contributed by atoms with van der Waals surface area (Å²) in [7, 11) is 0. The molecular formula is C22H21FN4O8S. The molecule has 3 rings (SSSR count). The summed E-state index contributed by atoms with van der Waals surface area (Å²) < 4.78 is 30.0. The molecule has 36 heavy (non-hydrogen) atoms. The number of thiophene rings is 1. The Labute approximate surface area is 207 Å². The van der Waals surface area contributed by atoms with E-state index in [0.29, 0.717) is 5.56 Å². The highest BCUT2D eigenvalue weighted by Gasteiger charge is 2.28. The Morgan fingerprint density at radius 3 is 2.53 bits per heavy atom. The van der Waals surface area contributed by atoms with Crippen molar-refractivity contribution in [1.82, 2.24) is 9.78 Å². The molecule has 2 aromatic heterocycles. The number of anilines is 1. The first-order valence-corrected chi connectivity index (χ1v) is 11.4. The fraction of sp³-hybridized carbons (Fsp3) is 0.273. The summed E-state index contributed by atoms with van der Waals surface area (Å²) in [5, 5.41) is 17.8. The van der Waals surface area contributed by atoms with Crippen molar-refractivity contribution in [3.8, 4) is 5.75 Å². The van der Waals surface area contributed by atoms with E-state index in [1.54, 1.807) is 20.8 Å². The number of rotatable bonds is 10. The first kappa shape index (κ1) is 26.3. The molecular weight excluding hydrogens is 499 g/mol. The minimum atomic E-state index is -0.720. The van der Waals surface area contributed by atoms with Gasteiger partial charge in [-0.2, -0.15) is 5.10 Å². The minimum Gasteiger partial charge on any atom is -0.464 e. The Morgan fingerprint density at radius 2 is 1.86 bits per heavy atom. The van der Waals surface area contributed by atoms with Gasteiger partial charge in [0.25, 0.3) is 5.91 Å². The third-order valence-corrected chi connectivity index (χ3v) is 5.85. The van der Waals surface area contributed by atoms with Crippen LogP contribution in [0, 0.1) is 22.9 Å². The average Bonchev–Trinajstić information content (AvgIpc) is 3.42. The number of nitrogens with one attached hydrogen (secondary N) is 1. The molecule has 0 unspecified atom stereocenters. The lowest BCUT2D eigenvalue weighted by Crippen LogP contribution is -2.16. The molecule has 0 spiro atoms. The van der Waals surface area contributed by atoms with Crippen molar-refractivity contribution in [2.45, 2.75) is 27.5 Å². The van der Waals surface area contributed by atoms with Crippen LogP contribution in [0.15, 0.2) is 30.5 Å². The zero-order chi connectivity index (χ0) is 26.4. The lowest BCUT2D eigenvalue weighted by Gasteiger charge is -2.07. The van der Waals surface area contributed by atoms with Gasteiger partial charge in [0.05, 0.1) is 23.7 Å². The van der Waals surface area contributed by atoms with Crippen LogP contribution in [0.3, 0.4) is 0 Å². The SMILES string of the molecule is CCOC(=O)c1sc(NC(=O)c2ccn(COc3cc(F)ccc3[N+](=O)[O-])n2)c(C(=O)OCC)c1C. The molecule has 0 saturated heterocycles. The quantitative estimate of drug-likeness (QED) is 0.238. The van der Waals surface area contributed by atoms with E-state index in [9.17, 15) is 28.9 Å². The highest BCUT2D eigenvalue weighted by Crippen LogP contribution is 2.34. The van der Waals surface area contributed by atoms with Crippen LogP contribution in [0.4, 0.5) is 15.1 Å². The number of aromatic nitrogens is 2. The Balaban J connectivity index is 1.79. The van der Waals surface area contributed by atoms with Crippen LogP contribution in [0.2, 0.25) is 0 Å². The second-order valence-corrected chi connectivity index (χ2v) is 8.06. The van der Waals surface area contributed by atoms with Crippen LogP contribution >= 0.6 is 11.3 Å². The summed E-state index contributed by atoms with van der Waals surface area (Å²) in [6, 6.07) is 4.12. The summed E-state index contributed by atoms with van der Waals surface area (Å²) in [4.78, 5) is 48.1. The summed E-state index contributed by atoms with van der Waals surface area (Å²) in [6.07, 6.45) is 1.37. The van der Waals surface area contributed by atoms with E-state index >= 15 is 0 Å². The van der Waals surface area contributed by atoms with Gasteiger partial charge in [0.1, 0.15) is 15.7 Å². The largest absolute Gasteiger partial charge is 0.464 e. The van der Waals surface area contributed by atoms with Gasteiger partial charge in [0.2, 0.25) is 5.75 Å². The molecule has 0 saturated carbocycles. The molecule has 0 radical (unpaired) electrons. The van der Waals surface area contributed by atoms with Crippen molar-refractivity contribution in [1.29, 1.82) is 0 Å². The van der Waals surface area contributed by atoms with Crippen molar-refractivity contribution in [2.24, 2.45) is 0 Å². The lowest BCUT2D eigenvalue weighted by molar-refractivity contribution is -0.386. The van der Waals surface area contributed by atoms with Gasteiger partial charge in [-0.3, -0.25) is 14.9 Å². The number of ether oxygens (including phenoxy) is 3. The molecule has 2 heterocycles. The Kier molecular flexibility index (Phi) is 8.32. The first-order chi connectivity index (χ1) is 17.2. The third kappa shape index (κ3) is 5.83. The number of nitro groups is 1. The number of amides is 1. The van der Waals surface area contributed by atoms with Gasteiger partial charge >= 0.3 is 17.6 Å². The van der Waals surface area contributed by atoms with Gasteiger partial charge in [0.15, 0.2) is 12.4 Å². The number of benzene rings is 1. The van der Waals surface area contributed by atoms with Crippen molar-refractivity contribution in [3.05, 3.63) is 68.1 Å². The molecule has 3 aromatic rings. The Hall–Kier alpha value is -4.33. The number of hydrogen-bond acceptors (Lipinski definition) is 10. The average molecular weight is 520 g/mol. The number of halogens is 1. The molecule has 0 aliphatic rings.